The Balaban J connectivity index is 1.95. The van der Waals surface area contributed by atoms with Gasteiger partial charge < -0.3 is 20.9 Å². The molecule has 2 aromatic rings. The topological polar surface area (TPSA) is 80.4 Å². The molecule has 0 atom stereocenters. The molecule has 20 heavy (non-hydrogen) atoms. The summed E-state index contributed by atoms with van der Waals surface area (Å²) < 4.78 is 5.37. The van der Waals surface area contributed by atoms with Crippen LogP contribution >= 0.6 is 0 Å². The zero-order valence-corrected chi connectivity index (χ0v) is 11.3. The number of benzene rings is 1. The Bertz CT molecular complexity index is 609. The summed E-state index contributed by atoms with van der Waals surface area (Å²) in [5.74, 6) is 0. The Kier molecular flexibility index (Phi) is 3.46. The van der Waals surface area contributed by atoms with Gasteiger partial charge in [0.2, 0.25) is 0 Å². The molecular formula is C15H19N3O2. The van der Waals surface area contributed by atoms with Crippen molar-refractivity contribution in [2.75, 3.05) is 30.9 Å². The molecule has 0 bridgehead atoms. The quantitative estimate of drug-likeness (QED) is 0.743. The van der Waals surface area contributed by atoms with E-state index in [9.17, 15) is 5.11 Å². The number of rotatable bonds is 3. The summed E-state index contributed by atoms with van der Waals surface area (Å²) in [6.45, 7) is 1.38. The van der Waals surface area contributed by atoms with Crippen molar-refractivity contribution >= 4 is 22.3 Å². The second-order valence-corrected chi connectivity index (χ2v) is 5.27. The van der Waals surface area contributed by atoms with Gasteiger partial charge in [0.1, 0.15) is 0 Å². The number of aliphatic hydroxyl groups excluding tert-OH is 1. The van der Waals surface area contributed by atoms with Gasteiger partial charge >= 0.3 is 0 Å². The first-order valence-corrected chi connectivity index (χ1v) is 6.84. The van der Waals surface area contributed by atoms with Crippen LogP contribution in [0.4, 0.5) is 11.4 Å². The van der Waals surface area contributed by atoms with Crippen LogP contribution in [0.25, 0.3) is 10.9 Å². The highest BCUT2D eigenvalue weighted by Gasteiger charge is 2.32. The smallest absolute Gasteiger partial charge is 0.0724 e. The lowest BCUT2D eigenvalue weighted by Crippen LogP contribution is -2.47. The number of nitrogens with zero attached hydrogens (tertiary/aromatic N) is 1. The Morgan fingerprint density at radius 3 is 2.85 bits per heavy atom. The van der Waals surface area contributed by atoms with Gasteiger partial charge in [0.25, 0.3) is 0 Å². The second-order valence-electron chi connectivity index (χ2n) is 5.27. The molecule has 1 aromatic heterocycles. The van der Waals surface area contributed by atoms with Crippen molar-refractivity contribution in [1.82, 2.24) is 4.98 Å². The van der Waals surface area contributed by atoms with Crippen molar-refractivity contribution in [2.45, 2.75) is 18.4 Å². The van der Waals surface area contributed by atoms with E-state index in [4.69, 9.17) is 10.5 Å². The minimum Gasteiger partial charge on any atom is -0.397 e. The average molecular weight is 273 g/mol. The molecule has 1 saturated heterocycles. The number of anilines is 2. The summed E-state index contributed by atoms with van der Waals surface area (Å²) in [6.07, 6.45) is 3.30. The highest BCUT2D eigenvalue weighted by Crippen LogP contribution is 2.32. The maximum absolute atomic E-state index is 9.74. The number of aromatic nitrogens is 1. The van der Waals surface area contributed by atoms with Gasteiger partial charge in [0.05, 0.1) is 29.0 Å². The molecule has 2 heterocycles. The number of pyridine rings is 1. The summed E-state index contributed by atoms with van der Waals surface area (Å²) in [4.78, 5) is 4.29. The molecule has 5 nitrogen and oxygen atoms in total. The Morgan fingerprint density at radius 1 is 1.30 bits per heavy atom. The molecule has 0 spiro atoms. The minimum atomic E-state index is -0.345. The van der Waals surface area contributed by atoms with E-state index in [1.165, 1.54) is 0 Å². The largest absolute Gasteiger partial charge is 0.397 e. The number of hydrogen-bond donors (Lipinski definition) is 3. The van der Waals surface area contributed by atoms with Crippen molar-refractivity contribution in [3.8, 4) is 0 Å². The summed E-state index contributed by atoms with van der Waals surface area (Å²) in [6, 6.07) is 7.70. The predicted octanol–water partition coefficient (Wildman–Crippen LogP) is 1.77. The molecule has 0 aliphatic carbocycles. The van der Waals surface area contributed by atoms with E-state index in [2.05, 4.69) is 10.3 Å². The fourth-order valence-corrected chi connectivity index (χ4v) is 2.65. The molecular weight excluding hydrogens is 254 g/mol. The number of ether oxygens (including phenoxy) is 1. The maximum Gasteiger partial charge on any atom is 0.0724 e. The third-order valence-electron chi connectivity index (χ3n) is 3.98. The molecule has 5 heteroatoms. The van der Waals surface area contributed by atoms with E-state index in [0.29, 0.717) is 18.9 Å². The van der Waals surface area contributed by atoms with Crippen LogP contribution in [0, 0.1) is 0 Å². The average Bonchev–Trinajstić information content (AvgIpc) is 2.51. The van der Waals surface area contributed by atoms with Crippen molar-refractivity contribution in [3.05, 3.63) is 30.5 Å². The maximum atomic E-state index is 9.74. The van der Waals surface area contributed by atoms with Crippen molar-refractivity contribution in [2.24, 2.45) is 0 Å². The molecule has 1 aromatic carbocycles. The van der Waals surface area contributed by atoms with Crippen LogP contribution in [-0.4, -0.2) is 35.5 Å². The van der Waals surface area contributed by atoms with Crippen LogP contribution in [-0.2, 0) is 4.74 Å². The van der Waals surface area contributed by atoms with Crippen LogP contribution in [0.3, 0.4) is 0 Å². The number of nitrogen functional groups attached to an aromatic ring is 1. The first-order chi connectivity index (χ1) is 9.74. The minimum absolute atomic E-state index is 0.0703. The lowest BCUT2D eigenvalue weighted by Gasteiger charge is -2.37. The van der Waals surface area contributed by atoms with Crippen molar-refractivity contribution in [1.29, 1.82) is 0 Å². The number of hydrogen-bond acceptors (Lipinski definition) is 5. The van der Waals surface area contributed by atoms with Crippen LogP contribution in [0.1, 0.15) is 12.8 Å². The molecule has 0 radical (unpaired) electrons. The summed E-state index contributed by atoms with van der Waals surface area (Å²) in [5.41, 5.74) is 8.29. The lowest BCUT2D eigenvalue weighted by molar-refractivity contribution is 0.0380. The fraction of sp³-hybridized carbons (Fsp3) is 0.400. The fourth-order valence-electron chi connectivity index (χ4n) is 2.65. The van der Waals surface area contributed by atoms with Crippen LogP contribution in [0.15, 0.2) is 30.5 Å². The van der Waals surface area contributed by atoms with Crippen LogP contribution < -0.4 is 11.1 Å². The molecule has 3 rings (SSSR count). The molecule has 4 N–H and O–H groups in total. The molecule has 1 fully saturated rings. The van der Waals surface area contributed by atoms with Gasteiger partial charge in [-0.2, -0.15) is 0 Å². The van der Waals surface area contributed by atoms with Crippen LogP contribution in [0.5, 0.6) is 0 Å². The van der Waals surface area contributed by atoms with E-state index < -0.39 is 0 Å². The van der Waals surface area contributed by atoms with E-state index in [0.717, 1.165) is 29.4 Å². The second kappa shape index (κ2) is 5.26. The van der Waals surface area contributed by atoms with Gasteiger partial charge in [0, 0.05) is 24.8 Å². The normalized spacial score (nSPS) is 18.1. The third kappa shape index (κ3) is 2.30. The van der Waals surface area contributed by atoms with Gasteiger partial charge in [-0.15, -0.1) is 0 Å². The van der Waals surface area contributed by atoms with Gasteiger partial charge in [-0.25, -0.2) is 0 Å². The first-order valence-electron chi connectivity index (χ1n) is 6.84. The van der Waals surface area contributed by atoms with Crippen molar-refractivity contribution < 1.29 is 9.84 Å². The predicted molar refractivity (Wildman–Crippen MR) is 79.6 cm³/mol. The van der Waals surface area contributed by atoms with E-state index >= 15 is 0 Å². The standard InChI is InChI=1S/C15H19N3O2/c16-14-11-2-1-7-17-12(11)3-4-13(14)18-15(10-19)5-8-20-9-6-15/h1-4,7,18-19H,5-6,8-10,16H2. The van der Waals surface area contributed by atoms with Gasteiger partial charge in [-0.3, -0.25) is 4.98 Å². The molecule has 1 aliphatic rings. The Morgan fingerprint density at radius 2 is 2.10 bits per heavy atom. The zero-order chi connectivity index (χ0) is 14.0. The molecule has 0 unspecified atom stereocenters. The van der Waals surface area contributed by atoms with Gasteiger partial charge in [-0.1, -0.05) is 0 Å². The van der Waals surface area contributed by atoms with E-state index in [1.54, 1.807) is 6.20 Å². The number of fused-ring (bicyclic) bond motifs is 1. The van der Waals surface area contributed by atoms with Gasteiger partial charge in [0.15, 0.2) is 0 Å². The molecule has 0 saturated carbocycles. The number of nitrogens with two attached hydrogens (primary N) is 1. The highest BCUT2D eigenvalue weighted by atomic mass is 16.5. The third-order valence-corrected chi connectivity index (χ3v) is 3.98. The zero-order valence-electron chi connectivity index (χ0n) is 11.3. The lowest BCUT2D eigenvalue weighted by atomic mass is 9.90. The van der Waals surface area contributed by atoms with E-state index in [1.807, 2.05) is 24.3 Å². The van der Waals surface area contributed by atoms with Gasteiger partial charge in [-0.05, 0) is 37.1 Å². The summed E-state index contributed by atoms with van der Waals surface area (Å²) in [5, 5.41) is 14.1. The molecule has 1 aliphatic heterocycles. The van der Waals surface area contributed by atoms with E-state index in [-0.39, 0.29) is 12.1 Å². The van der Waals surface area contributed by atoms with Crippen molar-refractivity contribution in [3.63, 3.8) is 0 Å². The molecule has 106 valence electrons. The number of nitrogens with one attached hydrogen (secondary N) is 1. The first kappa shape index (κ1) is 13.1. The molecule has 0 amide bonds. The Hall–Kier alpha value is -1.85. The monoisotopic (exact) mass is 273 g/mol. The summed E-state index contributed by atoms with van der Waals surface area (Å²) in [7, 11) is 0. The highest BCUT2D eigenvalue weighted by molar-refractivity contribution is 5.96. The van der Waals surface area contributed by atoms with Crippen LogP contribution in [0.2, 0.25) is 0 Å². The number of aliphatic hydroxyl groups is 1. The summed E-state index contributed by atoms with van der Waals surface area (Å²) >= 11 is 0. The SMILES string of the molecule is Nc1c(NC2(CO)CCOCC2)ccc2ncccc12. The Labute approximate surface area is 117 Å².